The number of imidazole rings is 1. The Bertz CT molecular complexity index is 569. The second-order valence-electron chi connectivity index (χ2n) is 6.21. The zero-order chi connectivity index (χ0) is 14.7. The lowest BCUT2D eigenvalue weighted by Crippen LogP contribution is -2.52. The number of aromatic nitrogens is 2. The molecule has 1 aliphatic carbocycles. The van der Waals surface area contributed by atoms with Crippen molar-refractivity contribution in [3.63, 3.8) is 0 Å². The maximum absolute atomic E-state index is 4.46. The summed E-state index contributed by atoms with van der Waals surface area (Å²) >= 11 is 0. The first-order valence-corrected chi connectivity index (χ1v) is 7.95. The third kappa shape index (κ3) is 2.62. The van der Waals surface area contributed by atoms with Crippen LogP contribution < -0.4 is 5.32 Å². The lowest BCUT2D eigenvalue weighted by molar-refractivity contribution is 0.167. The van der Waals surface area contributed by atoms with Gasteiger partial charge in [-0.25, -0.2) is 4.98 Å². The average Bonchev–Trinajstić information content (AvgIpc) is 2.88. The fourth-order valence-electron chi connectivity index (χ4n) is 3.77. The van der Waals surface area contributed by atoms with Crippen molar-refractivity contribution in [3.8, 4) is 0 Å². The van der Waals surface area contributed by atoms with Crippen molar-refractivity contribution in [2.24, 2.45) is 7.05 Å². The highest BCUT2D eigenvalue weighted by molar-refractivity contribution is 5.30. The molecule has 0 radical (unpaired) electrons. The summed E-state index contributed by atoms with van der Waals surface area (Å²) in [7, 11) is 4.18. The van der Waals surface area contributed by atoms with Crippen LogP contribution in [-0.2, 0) is 18.9 Å². The molecule has 1 unspecified atom stereocenters. The smallest absolute Gasteiger partial charge is 0.108 e. The molecule has 21 heavy (non-hydrogen) atoms. The molecule has 1 heterocycles. The lowest BCUT2D eigenvalue weighted by Gasteiger charge is -2.48. The van der Waals surface area contributed by atoms with E-state index in [2.05, 4.69) is 59.3 Å². The Balaban J connectivity index is 1.76. The van der Waals surface area contributed by atoms with E-state index in [9.17, 15) is 0 Å². The van der Waals surface area contributed by atoms with Gasteiger partial charge in [-0.05, 0) is 31.9 Å². The number of hydrogen-bond donors (Lipinski definition) is 1. The van der Waals surface area contributed by atoms with Gasteiger partial charge in [-0.1, -0.05) is 36.8 Å². The van der Waals surface area contributed by atoms with Crippen molar-refractivity contribution in [2.75, 3.05) is 7.05 Å². The van der Waals surface area contributed by atoms with Gasteiger partial charge >= 0.3 is 0 Å². The molecule has 1 atom stereocenters. The molecule has 0 amide bonds. The third-order valence-corrected chi connectivity index (χ3v) is 5.19. The van der Waals surface area contributed by atoms with Crippen LogP contribution in [0.15, 0.2) is 42.7 Å². The first kappa shape index (κ1) is 14.3. The van der Waals surface area contributed by atoms with Crippen LogP contribution in [0.4, 0.5) is 0 Å². The van der Waals surface area contributed by atoms with Crippen molar-refractivity contribution in [3.05, 3.63) is 54.1 Å². The van der Waals surface area contributed by atoms with Crippen LogP contribution in [0.3, 0.4) is 0 Å². The highest BCUT2D eigenvalue weighted by Crippen LogP contribution is 2.47. The molecule has 0 spiro atoms. The van der Waals surface area contributed by atoms with E-state index in [0.29, 0.717) is 11.5 Å². The fourth-order valence-corrected chi connectivity index (χ4v) is 3.77. The first-order valence-electron chi connectivity index (χ1n) is 7.95. The number of hydrogen-bond acceptors (Lipinski definition) is 2. The highest BCUT2D eigenvalue weighted by atomic mass is 15.0. The molecule has 112 valence electrons. The summed E-state index contributed by atoms with van der Waals surface area (Å²) < 4.78 is 2.13. The van der Waals surface area contributed by atoms with Gasteiger partial charge in [0.2, 0.25) is 0 Å². The molecule has 2 aromatic rings. The molecular weight excluding hydrogens is 258 g/mol. The Kier molecular flexibility index (Phi) is 4.11. The molecule has 1 N–H and O–H groups in total. The van der Waals surface area contributed by atoms with Crippen LogP contribution >= 0.6 is 0 Å². The molecule has 0 bridgehead atoms. The largest absolute Gasteiger partial charge is 0.338 e. The Labute approximate surface area is 127 Å². The van der Waals surface area contributed by atoms with Crippen molar-refractivity contribution in [2.45, 2.75) is 43.6 Å². The van der Waals surface area contributed by atoms with Gasteiger partial charge in [0.15, 0.2) is 0 Å². The molecule has 0 saturated heterocycles. The molecule has 1 aliphatic rings. The maximum Gasteiger partial charge on any atom is 0.108 e. The topological polar surface area (TPSA) is 29.9 Å². The van der Waals surface area contributed by atoms with E-state index in [0.717, 1.165) is 12.8 Å². The summed E-state index contributed by atoms with van der Waals surface area (Å²) in [5.41, 5.74) is 1.82. The normalized spacial score (nSPS) is 18.2. The Hall–Kier alpha value is -1.61. The standard InChI is InChI=1S/C18H25N3/c1-19-16(9-10-17-20-13-14-21(17)2)18(11-6-12-18)15-7-4-3-5-8-15/h3-5,7-8,13-14,16,19H,6,9-12H2,1-2H3. The van der Waals surface area contributed by atoms with Gasteiger partial charge in [0.05, 0.1) is 0 Å². The molecular formula is C18H25N3. The molecule has 1 aromatic carbocycles. The van der Waals surface area contributed by atoms with E-state index in [1.165, 1.54) is 30.7 Å². The molecule has 0 aliphatic heterocycles. The Morgan fingerprint density at radius 1 is 1.29 bits per heavy atom. The van der Waals surface area contributed by atoms with E-state index in [4.69, 9.17) is 0 Å². The number of aryl methyl sites for hydroxylation is 2. The SMILES string of the molecule is CNC(CCc1nccn1C)C1(c2ccccc2)CCC1. The zero-order valence-corrected chi connectivity index (χ0v) is 13.0. The molecule has 3 heteroatoms. The molecule has 1 fully saturated rings. The van der Waals surface area contributed by atoms with E-state index in [1.54, 1.807) is 0 Å². The summed E-state index contributed by atoms with van der Waals surface area (Å²) in [5.74, 6) is 1.18. The van der Waals surface area contributed by atoms with Crippen molar-refractivity contribution < 1.29 is 0 Å². The first-order chi connectivity index (χ1) is 10.3. The van der Waals surface area contributed by atoms with E-state index in [-0.39, 0.29) is 0 Å². The minimum atomic E-state index is 0.321. The minimum Gasteiger partial charge on any atom is -0.338 e. The third-order valence-electron chi connectivity index (χ3n) is 5.19. The number of nitrogens with one attached hydrogen (secondary N) is 1. The van der Waals surface area contributed by atoms with Crippen LogP contribution in [0, 0.1) is 0 Å². The highest BCUT2D eigenvalue weighted by Gasteiger charge is 2.44. The van der Waals surface area contributed by atoms with Gasteiger partial charge in [-0.2, -0.15) is 0 Å². The van der Waals surface area contributed by atoms with Gasteiger partial charge < -0.3 is 9.88 Å². The average molecular weight is 283 g/mol. The maximum atomic E-state index is 4.46. The number of nitrogens with zero attached hydrogens (tertiary/aromatic N) is 2. The van der Waals surface area contributed by atoms with Crippen molar-refractivity contribution in [1.82, 2.24) is 14.9 Å². The number of benzene rings is 1. The second-order valence-corrected chi connectivity index (χ2v) is 6.21. The Morgan fingerprint density at radius 2 is 2.05 bits per heavy atom. The van der Waals surface area contributed by atoms with Crippen LogP contribution in [0.2, 0.25) is 0 Å². The zero-order valence-electron chi connectivity index (χ0n) is 13.0. The molecule has 1 saturated carbocycles. The van der Waals surface area contributed by atoms with Crippen LogP contribution in [-0.4, -0.2) is 22.6 Å². The molecule has 3 rings (SSSR count). The molecule has 1 aromatic heterocycles. The second kappa shape index (κ2) is 6.02. The summed E-state index contributed by atoms with van der Waals surface area (Å²) in [6.45, 7) is 0. The number of likely N-dealkylation sites (N-methyl/N-ethyl adjacent to an activating group) is 1. The Morgan fingerprint density at radius 3 is 2.57 bits per heavy atom. The van der Waals surface area contributed by atoms with Gasteiger partial charge in [-0.3, -0.25) is 0 Å². The fraction of sp³-hybridized carbons (Fsp3) is 0.500. The summed E-state index contributed by atoms with van der Waals surface area (Å²) in [4.78, 5) is 4.46. The van der Waals surface area contributed by atoms with E-state index >= 15 is 0 Å². The predicted octanol–water partition coefficient (Wildman–Crippen LogP) is 3.06. The summed E-state index contributed by atoms with van der Waals surface area (Å²) in [5, 5.41) is 3.59. The van der Waals surface area contributed by atoms with Gasteiger partial charge in [0.1, 0.15) is 5.82 Å². The van der Waals surface area contributed by atoms with Crippen LogP contribution in [0.25, 0.3) is 0 Å². The summed E-state index contributed by atoms with van der Waals surface area (Å²) in [6, 6.07) is 11.6. The monoisotopic (exact) mass is 283 g/mol. The molecule has 3 nitrogen and oxygen atoms in total. The van der Waals surface area contributed by atoms with Crippen molar-refractivity contribution in [1.29, 1.82) is 0 Å². The van der Waals surface area contributed by atoms with Crippen LogP contribution in [0.1, 0.15) is 37.1 Å². The van der Waals surface area contributed by atoms with Crippen molar-refractivity contribution >= 4 is 0 Å². The quantitative estimate of drug-likeness (QED) is 0.883. The summed E-state index contributed by atoms with van der Waals surface area (Å²) in [6.07, 6.45) is 10.0. The van der Waals surface area contributed by atoms with Gasteiger partial charge in [-0.15, -0.1) is 0 Å². The lowest BCUT2D eigenvalue weighted by atomic mass is 9.59. The van der Waals surface area contributed by atoms with E-state index < -0.39 is 0 Å². The van der Waals surface area contributed by atoms with Gasteiger partial charge in [0, 0.05) is 37.3 Å². The predicted molar refractivity (Wildman–Crippen MR) is 86.3 cm³/mol. The van der Waals surface area contributed by atoms with E-state index in [1.807, 2.05) is 12.4 Å². The number of rotatable bonds is 6. The van der Waals surface area contributed by atoms with Gasteiger partial charge in [0.25, 0.3) is 0 Å². The minimum absolute atomic E-state index is 0.321. The van der Waals surface area contributed by atoms with Crippen LogP contribution in [0.5, 0.6) is 0 Å².